The van der Waals surface area contributed by atoms with Crippen molar-refractivity contribution in [2.75, 3.05) is 0 Å². The summed E-state index contributed by atoms with van der Waals surface area (Å²) < 4.78 is 0. The summed E-state index contributed by atoms with van der Waals surface area (Å²) in [6.07, 6.45) is 0. The summed E-state index contributed by atoms with van der Waals surface area (Å²) in [5, 5.41) is 60.3. The summed E-state index contributed by atoms with van der Waals surface area (Å²) in [4.78, 5) is 47.7. The maximum Gasteiger partial charge on any atom is 0.336 e. The Kier molecular flexibility index (Phi) is 4.08. The lowest BCUT2D eigenvalue weighted by Gasteiger charge is -2.20. The first kappa shape index (κ1) is 20.8. The number of carbonyl (C=O) groups is 4. The second-order valence-electron chi connectivity index (χ2n) is 7.68. The molecular formula is C24H12O10. The van der Waals surface area contributed by atoms with Gasteiger partial charge in [-0.25, -0.2) is 19.2 Å². The van der Waals surface area contributed by atoms with E-state index >= 15 is 0 Å². The van der Waals surface area contributed by atoms with Crippen molar-refractivity contribution in [3.8, 4) is 11.5 Å². The highest BCUT2D eigenvalue weighted by atomic mass is 16.4. The molecule has 0 unspecified atom stereocenters. The van der Waals surface area contributed by atoms with E-state index in [4.69, 9.17) is 0 Å². The lowest BCUT2D eigenvalue weighted by atomic mass is 9.83. The fraction of sp³-hybridized carbons (Fsp3) is 0. The van der Waals surface area contributed by atoms with Gasteiger partial charge in [0.05, 0.1) is 22.3 Å². The van der Waals surface area contributed by atoms with Gasteiger partial charge < -0.3 is 30.6 Å². The molecule has 0 aromatic heterocycles. The summed E-state index contributed by atoms with van der Waals surface area (Å²) in [6.45, 7) is 0. The van der Waals surface area contributed by atoms with Crippen LogP contribution in [0, 0.1) is 0 Å². The SMILES string of the molecule is O=C(O)c1ccc2c3ccc(C(=O)O)c4c(C(=O)O)cc(O)c(c5c(O)cc(C(=O)O)c1c25)c43. The lowest BCUT2D eigenvalue weighted by Crippen LogP contribution is -2.07. The van der Waals surface area contributed by atoms with E-state index < -0.39 is 46.5 Å². The molecule has 34 heavy (non-hydrogen) atoms. The maximum atomic E-state index is 11.9. The molecule has 0 atom stereocenters. The van der Waals surface area contributed by atoms with Gasteiger partial charge in [-0.3, -0.25) is 0 Å². The highest BCUT2D eigenvalue weighted by Gasteiger charge is 2.28. The van der Waals surface area contributed by atoms with E-state index in [0.717, 1.165) is 12.1 Å². The second kappa shape index (κ2) is 6.69. The molecule has 10 nitrogen and oxygen atoms in total. The number of rotatable bonds is 4. The molecule has 0 aliphatic heterocycles. The zero-order valence-electron chi connectivity index (χ0n) is 16.8. The van der Waals surface area contributed by atoms with Crippen LogP contribution in [0.25, 0.3) is 43.1 Å². The van der Waals surface area contributed by atoms with Crippen LogP contribution in [0.2, 0.25) is 0 Å². The van der Waals surface area contributed by atoms with Crippen LogP contribution in [0.4, 0.5) is 0 Å². The molecule has 0 saturated carbocycles. The van der Waals surface area contributed by atoms with E-state index in [1.54, 1.807) is 0 Å². The van der Waals surface area contributed by atoms with Crippen LogP contribution in [0.1, 0.15) is 41.4 Å². The van der Waals surface area contributed by atoms with Gasteiger partial charge in [0.2, 0.25) is 0 Å². The largest absolute Gasteiger partial charge is 0.507 e. The number of aromatic hydroxyl groups is 2. The quantitative estimate of drug-likeness (QED) is 0.169. The molecule has 0 aliphatic carbocycles. The molecule has 0 spiro atoms. The van der Waals surface area contributed by atoms with E-state index in [1.165, 1.54) is 24.3 Å². The van der Waals surface area contributed by atoms with Gasteiger partial charge in [0.1, 0.15) is 11.5 Å². The number of benzene rings is 5. The lowest BCUT2D eigenvalue weighted by molar-refractivity contribution is 0.0681. The van der Waals surface area contributed by atoms with Crippen molar-refractivity contribution in [2.24, 2.45) is 0 Å². The Hall–Kier alpha value is -5.12. The Bertz CT molecular complexity index is 1650. The normalized spacial score (nSPS) is 11.5. The first-order valence-corrected chi connectivity index (χ1v) is 9.63. The van der Waals surface area contributed by atoms with Crippen molar-refractivity contribution < 1.29 is 49.8 Å². The Morgan fingerprint density at radius 3 is 1.06 bits per heavy atom. The first-order valence-electron chi connectivity index (χ1n) is 9.63. The van der Waals surface area contributed by atoms with E-state index in [1.807, 2.05) is 0 Å². The predicted molar refractivity (Wildman–Crippen MR) is 119 cm³/mol. The summed E-state index contributed by atoms with van der Waals surface area (Å²) in [7, 11) is 0. The van der Waals surface area contributed by atoms with Crippen molar-refractivity contribution in [3.05, 3.63) is 58.7 Å². The number of hydrogen-bond acceptors (Lipinski definition) is 6. The fourth-order valence-electron chi connectivity index (χ4n) is 4.75. The minimum atomic E-state index is -1.50. The van der Waals surface area contributed by atoms with Crippen LogP contribution < -0.4 is 0 Å². The van der Waals surface area contributed by atoms with Crippen molar-refractivity contribution in [1.82, 2.24) is 0 Å². The number of fused-ring (bicyclic) bond motifs is 2. The molecule has 5 rings (SSSR count). The van der Waals surface area contributed by atoms with Gasteiger partial charge in [0.25, 0.3) is 0 Å². The highest BCUT2D eigenvalue weighted by Crippen LogP contribution is 2.49. The molecular weight excluding hydrogens is 448 g/mol. The average Bonchev–Trinajstić information content (AvgIpc) is 2.77. The Morgan fingerprint density at radius 1 is 0.441 bits per heavy atom. The molecule has 0 aliphatic rings. The number of aromatic carboxylic acids is 4. The average molecular weight is 460 g/mol. The minimum Gasteiger partial charge on any atom is -0.507 e. The van der Waals surface area contributed by atoms with Gasteiger partial charge in [-0.15, -0.1) is 0 Å². The van der Waals surface area contributed by atoms with Gasteiger partial charge in [-0.1, -0.05) is 12.1 Å². The molecule has 0 amide bonds. The summed E-state index contributed by atoms with van der Waals surface area (Å²) in [5.41, 5.74) is -1.69. The first-order chi connectivity index (χ1) is 16.0. The van der Waals surface area contributed by atoms with Gasteiger partial charge >= 0.3 is 23.9 Å². The Labute approximate surface area is 187 Å². The third-order valence-corrected chi connectivity index (χ3v) is 5.99. The van der Waals surface area contributed by atoms with Crippen LogP contribution in [-0.2, 0) is 0 Å². The zero-order chi connectivity index (χ0) is 24.6. The van der Waals surface area contributed by atoms with Crippen LogP contribution in [-0.4, -0.2) is 54.5 Å². The molecule has 5 aromatic rings. The van der Waals surface area contributed by atoms with Crippen molar-refractivity contribution >= 4 is 67.0 Å². The van der Waals surface area contributed by atoms with Crippen LogP contribution in [0.3, 0.4) is 0 Å². The summed E-state index contributed by atoms with van der Waals surface area (Å²) >= 11 is 0. The number of phenolic OH excluding ortho intramolecular Hbond substituents is 2. The number of phenols is 2. The number of carboxylic acids is 4. The number of hydrogen-bond donors (Lipinski definition) is 6. The molecule has 0 heterocycles. The standard InChI is InChI=1S/C24H12O10/c25-13-5-11(23(31)32)15-9(21(27)28)3-1-7-8-2-4-10(22(29)30)16-12(24(33)34)6-14(26)20(18(8)16)19(13)17(7)15/h1-6,25-26H,(H,27,28)(H,29,30)(H,31,32)(H,33,34). The smallest absolute Gasteiger partial charge is 0.336 e. The van der Waals surface area contributed by atoms with Crippen molar-refractivity contribution in [1.29, 1.82) is 0 Å². The molecule has 0 bridgehead atoms. The third kappa shape index (κ3) is 2.50. The van der Waals surface area contributed by atoms with Gasteiger partial charge in [0.15, 0.2) is 0 Å². The monoisotopic (exact) mass is 460 g/mol. The third-order valence-electron chi connectivity index (χ3n) is 5.99. The van der Waals surface area contributed by atoms with E-state index in [0.29, 0.717) is 0 Å². The predicted octanol–water partition coefficient (Wildman–Crippen LogP) is 3.94. The zero-order valence-corrected chi connectivity index (χ0v) is 16.8. The molecule has 0 radical (unpaired) electrons. The molecule has 168 valence electrons. The number of carboxylic acid groups (broad SMARTS) is 4. The summed E-state index contributed by atoms with van der Waals surface area (Å²) in [5.74, 6) is -7.06. The fourth-order valence-corrected chi connectivity index (χ4v) is 4.75. The molecule has 10 heteroatoms. The van der Waals surface area contributed by atoms with Crippen LogP contribution in [0.15, 0.2) is 36.4 Å². The van der Waals surface area contributed by atoms with Gasteiger partial charge in [0, 0.05) is 32.3 Å². The highest BCUT2D eigenvalue weighted by molar-refractivity contribution is 6.40. The van der Waals surface area contributed by atoms with E-state index in [-0.39, 0.29) is 54.2 Å². The van der Waals surface area contributed by atoms with Gasteiger partial charge in [-0.05, 0) is 35.0 Å². The maximum absolute atomic E-state index is 11.9. The van der Waals surface area contributed by atoms with Gasteiger partial charge in [-0.2, -0.15) is 0 Å². The van der Waals surface area contributed by atoms with Crippen LogP contribution >= 0.6 is 0 Å². The second-order valence-corrected chi connectivity index (χ2v) is 7.68. The molecule has 0 saturated heterocycles. The Morgan fingerprint density at radius 2 is 0.765 bits per heavy atom. The molecule has 6 N–H and O–H groups in total. The summed E-state index contributed by atoms with van der Waals surface area (Å²) in [6, 6.07) is 6.77. The van der Waals surface area contributed by atoms with Crippen molar-refractivity contribution in [3.63, 3.8) is 0 Å². The molecule has 5 aromatic carbocycles. The van der Waals surface area contributed by atoms with Crippen LogP contribution in [0.5, 0.6) is 11.5 Å². The topological polar surface area (TPSA) is 190 Å². The van der Waals surface area contributed by atoms with Crippen molar-refractivity contribution in [2.45, 2.75) is 0 Å². The molecule has 0 fully saturated rings. The Balaban J connectivity index is 2.25. The minimum absolute atomic E-state index is 0.0209. The van der Waals surface area contributed by atoms with E-state index in [9.17, 15) is 49.8 Å². The van der Waals surface area contributed by atoms with E-state index in [2.05, 4.69) is 0 Å².